The zero-order valence-electron chi connectivity index (χ0n) is 23.3. The van der Waals surface area contributed by atoms with Crippen molar-refractivity contribution < 1.29 is 32.3 Å². The van der Waals surface area contributed by atoms with Crippen LogP contribution in [0.5, 0.6) is 5.75 Å². The van der Waals surface area contributed by atoms with E-state index in [0.29, 0.717) is 24.9 Å². The number of carbonyl (C=O) groups excluding carboxylic acids is 3. The molecule has 3 aromatic heterocycles. The summed E-state index contributed by atoms with van der Waals surface area (Å²) >= 11 is 0. The number of nitrogens with two attached hydrogens (primary N) is 1. The van der Waals surface area contributed by atoms with Crippen molar-refractivity contribution in [1.82, 2.24) is 34.8 Å². The summed E-state index contributed by atoms with van der Waals surface area (Å²) in [6, 6.07) is 4.79. The van der Waals surface area contributed by atoms with E-state index < -0.39 is 17.8 Å². The Hall–Kier alpha value is -5.50. The minimum absolute atomic E-state index is 0.0511. The van der Waals surface area contributed by atoms with Crippen molar-refractivity contribution in [2.75, 3.05) is 25.0 Å². The Labute approximate surface area is 248 Å². The van der Waals surface area contributed by atoms with Gasteiger partial charge in [0.05, 0.1) is 35.8 Å². The number of imidazole rings is 1. The van der Waals surface area contributed by atoms with Crippen LogP contribution in [0.2, 0.25) is 0 Å². The molecule has 5 N–H and O–H groups in total. The molecule has 0 fully saturated rings. The Balaban J connectivity index is 1.65. The van der Waals surface area contributed by atoms with Crippen molar-refractivity contribution in [3.63, 3.8) is 0 Å². The quantitative estimate of drug-likeness (QED) is 0.128. The van der Waals surface area contributed by atoms with Crippen molar-refractivity contribution in [2.45, 2.75) is 32.5 Å². The van der Waals surface area contributed by atoms with Crippen molar-refractivity contribution in [1.29, 1.82) is 5.26 Å². The summed E-state index contributed by atoms with van der Waals surface area (Å²) in [6.07, 6.45) is 1.06. The van der Waals surface area contributed by atoms with E-state index >= 15 is 0 Å². The third kappa shape index (κ3) is 6.76. The van der Waals surface area contributed by atoms with Gasteiger partial charge in [0, 0.05) is 42.8 Å². The Kier molecular flexibility index (Phi) is 9.75. The molecule has 0 unspecified atom stereocenters. The summed E-state index contributed by atoms with van der Waals surface area (Å²) in [4.78, 5) is 44.2. The second-order valence-electron chi connectivity index (χ2n) is 9.18. The van der Waals surface area contributed by atoms with Gasteiger partial charge in [-0.25, -0.2) is 9.97 Å². The average molecular weight is 613 g/mol. The molecule has 0 atom stereocenters. The Morgan fingerprint density at radius 3 is 2.66 bits per heavy atom. The molecule has 2 amide bonds. The van der Waals surface area contributed by atoms with Crippen molar-refractivity contribution in [3.05, 3.63) is 53.7 Å². The molecule has 44 heavy (non-hydrogen) atoms. The monoisotopic (exact) mass is 612 g/mol. The summed E-state index contributed by atoms with van der Waals surface area (Å²) in [5, 5.41) is 20.8. The number of alkyl halides is 3. The minimum atomic E-state index is -4.79. The number of nitrogens with zero attached hydrogens (tertiary/aromatic N) is 6. The topological polar surface area (TPSA) is 194 Å². The van der Waals surface area contributed by atoms with E-state index in [0.717, 1.165) is 10.9 Å². The molecule has 4 aromatic rings. The second kappa shape index (κ2) is 13.6. The lowest BCUT2D eigenvalue weighted by molar-refractivity contribution is -0.141. The van der Waals surface area contributed by atoms with Gasteiger partial charge in [-0.1, -0.05) is 6.92 Å². The SMILES string of the molecule is CCc1c(C(=O)NCCCNC(=O)CN)ccc(Nc2nccn3c(-c4cn(CC#N)nc4C(F)(F)F)cnc23)c1OC=O. The molecule has 0 saturated carbocycles. The summed E-state index contributed by atoms with van der Waals surface area (Å²) in [7, 11) is 0. The fraction of sp³-hybridized carbons (Fsp3) is 0.296. The van der Waals surface area contributed by atoms with Crippen LogP contribution in [0.25, 0.3) is 16.9 Å². The molecule has 4 rings (SSSR count). The lowest BCUT2D eigenvalue weighted by atomic mass is 10.0. The summed E-state index contributed by atoms with van der Waals surface area (Å²) in [5.74, 6) is -0.563. The van der Waals surface area contributed by atoms with Gasteiger partial charge in [0.1, 0.15) is 6.54 Å². The fourth-order valence-corrected chi connectivity index (χ4v) is 4.46. The third-order valence-electron chi connectivity index (χ3n) is 6.39. The van der Waals surface area contributed by atoms with Crippen LogP contribution in [-0.2, 0) is 28.7 Å². The van der Waals surface area contributed by atoms with Crippen LogP contribution < -0.4 is 26.4 Å². The van der Waals surface area contributed by atoms with E-state index in [9.17, 15) is 27.6 Å². The Bertz CT molecular complexity index is 1730. The number of rotatable bonds is 13. The summed E-state index contributed by atoms with van der Waals surface area (Å²) in [6.45, 7) is 2.05. The van der Waals surface area contributed by atoms with Gasteiger partial charge in [-0.15, -0.1) is 0 Å². The van der Waals surface area contributed by atoms with Gasteiger partial charge in [-0.2, -0.15) is 23.5 Å². The van der Waals surface area contributed by atoms with Gasteiger partial charge in [0.15, 0.2) is 22.9 Å². The average Bonchev–Trinajstić information content (AvgIpc) is 3.62. The molecular weight excluding hydrogens is 585 g/mol. The normalized spacial score (nSPS) is 11.2. The molecule has 0 saturated heterocycles. The molecular formula is C27H27F3N10O4. The molecule has 1 aromatic carbocycles. The van der Waals surface area contributed by atoms with Crippen LogP contribution in [0.1, 0.15) is 35.0 Å². The number of aromatic nitrogens is 5. The molecule has 0 bridgehead atoms. The molecule has 14 nitrogen and oxygen atoms in total. The number of nitrogens with one attached hydrogen (secondary N) is 3. The lowest BCUT2D eigenvalue weighted by Gasteiger charge is -2.17. The smallest absolute Gasteiger partial charge is 0.426 e. The molecule has 17 heteroatoms. The van der Waals surface area contributed by atoms with Crippen LogP contribution in [0.15, 0.2) is 36.9 Å². The number of nitriles is 1. The van der Waals surface area contributed by atoms with Crippen LogP contribution >= 0.6 is 0 Å². The van der Waals surface area contributed by atoms with Gasteiger partial charge in [-0.05, 0) is 25.0 Å². The predicted molar refractivity (Wildman–Crippen MR) is 150 cm³/mol. The number of hydrogen-bond acceptors (Lipinski definition) is 10. The van der Waals surface area contributed by atoms with Crippen molar-refractivity contribution >= 4 is 35.4 Å². The van der Waals surface area contributed by atoms with Crippen molar-refractivity contribution in [3.8, 4) is 23.1 Å². The van der Waals surface area contributed by atoms with Gasteiger partial charge < -0.3 is 26.4 Å². The fourth-order valence-electron chi connectivity index (χ4n) is 4.46. The lowest BCUT2D eigenvalue weighted by Crippen LogP contribution is -2.33. The van der Waals surface area contributed by atoms with Crippen LogP contribution in [0.4, 0.5) is 24.7 Å². The minimum Gasteiger partial charge on any atom is -0.426 e. The highest BCUT2D eigenvalue weighted by Crippen LogP contribution is 2.38. The third-order valence-corrected chi connectivity index (χ3v) is 6.39. The zero-order valence-corrected chi connectivity index (χ0v) is 23.3. The zero-order chi connectivity index (χ0) is 31.9. The summed E-state index contributed by atoms with van der Waals surface area (Å²) in [5.41, 5.74) is 4.89. The largest absolute Gasteiger partial charge is 0.435 e. The van der Waals surface area contributed by atoms with Crippen LogP contribution in [-0.4, -0.2) is 62.1 Å². The maximum absolute atomic E-state index is 13.8. The van der Waals surface area contributed by atoms with Crippen LogP contribution in [0.3, 0.4) is 0 Å². The van der Waals surface area contributed by atoms with E-state index in [-0.39, 0.29) is 71.7 Å². The number of hydrogen-bond donors (Lipinski definition) is 4. The maximum Gasteiger partial charge on any atom is 0.435 e. The van der Waals surface area contributed by atoms with E-state index in [1.807, 2.05) is 0 Å². The highest BCUT2D eigenvalue weighted by Gasteiger charge is 2.38. The molecule has 3 heterocycles. The molecule has 0 radical (unpaired) electrons. The number of ether oxygens (including phenoxy) is 1. The van der Waals surface area contributed by atoms with E-state index in [2.05, 4.69) is 31.0 Å². The molecule has 0 aliphatic rings. The molecule has 0 spiro atoms. The first-order valence-corrected chi connectivity index (χ1v) is 13.2. The van der Waals surface area contributed by atoms with Gasteiger partial charge in [0.2, 0.25) is 5.91 Å². The maximum atomic E-state index is 13.8. The van der Waals surface area contributed by atoms with Crippen molar-refractivity contribution in [2.24, 2.45) is 5.73 Å². The highest BCUT2D eigenvalue weighted by molar-refractivity contribution is 5.97. The highest BCUT2D eigenvalue weighted by atomic mass is 19.4. The molecule has 0 aliphatic carbocycles. The van der Waals surface area contributed by atoms with Gasteiger partial charge in [-0.3, -0.25) is 23.5 Å². The number of anilines is 2. The predicted octanol–water partition coefficient (Wildman–Crippen LogP) is 2.17. The Morgan fingerprint density at radius 1 is 1.20 bits per heavy atom. The molecule has 0 aliphatic heterocycles. The summed E-state index contributed by atoms with van der Waals surface area (Å²) < 4.78 is 48.9. The number of carbonyl (C=O) groups is 3. The number of halogens is 3. The Morgan fingerprint density at radius 2 is 1.98 bits per heavy atom. The van der Waals surface area contributed by atoms with Gasteiger partial charge in [0.25, 0.3) is 12.4 Å². The number of benzene rings is 1. The van der Waals surface area contributed by atoms with E-state index in [1.165, 1.54) is 35.1 Å². The standard InChI is InChI=1S/C27H27F3N10O4/c1-2-16-17(26(43)35-8-3-7-33-21(42)12-32)4-5-19(22(16)44-15-41)37-24-25-36-13-20(40(25)11-9-34-24)18-14-39(10-6-31)38-23(18)27(28,29)30/h4-5,9,11,13-15H,2-3,7-8,10,12,32H2,1H3,(H,33,42)(H,34,37)(H,35,43). The number of fused-ring (bicyclic) bond motifs is 1. The first kappa shape index (κ1) is 31.4. The van der Waals surface area contributed by atoms with Gasteiger partial charge >= 0.3 is 6.18 Å². The molecule has 230 valence electrons. The first-order valence-electron chi connectivity index (χ1n) is 13.2. The van der Waals surface area contributed by atoms with E-state index in [4.69, 9.17) is 15.7 Å². The number of amides is 2. The van der Waals surface area contributed by atoms with E-state index in [1.54, 1.807) is 13.0 Å². The first-order chi connectivity index (χ1) is 21.1. The second-order valence-corrected chi connectivity index (χ2v) is 9.18. The van der Waals surface area contributed by atoms with Crippen LogP contribution in [0, 0.1) is 11.3 Å².